The molecule has 0 unspecified atom stereocenters. The lowest BCUT2D eigenvalue weighted by Gasteiger charge is -2.28. The number of hydrogen-bond donors (Lipinski definition) is 2. The molecule has 1 aliphatic heterocycles. The number of aliphatic hydroxyl groups excluding tert-OH is 1. The van der Waals surface area contributed by atoms with Crippen LogP contribution in [0.25, 0.3) is 0 Å². The summed E-state index contributed by atoms with van der Waals surface area (Å²) in [4.78, 5) is 17.9. The highest BCUT2D eigenvalue weighted by molar-refractivity contribution is 5.45. The van der Waals surface area contributed by atoms with Gasteiger partial charge in [0.2, 0.25) is 17.8 Å². The number of piperidine rings is 1. The lowest BCUT2D eigenvalue weighted by atomic mass is 10.1. The number of aliphatic hydroxyl groups is 1. The molecule has 7 nitrogen and oxygen atoms in total. The van der Waals surface area contributed by atoms with E-state index in [9.17, 15) is 0 Å². The summed E-state index contributed by atoms with van der Waals surface area (Å²) in [7, 11) is 1.82. The van der Waals surface area contributed by atoms with Crippen LogP contribution in [-0.2, 0) is 0 Å². The van der Waals surface area contributed by atoms with E-state index in [1.807, 2.05) is 7.05 Å². The van der Waals surface area contributed by atoms with E-state index in [2.05, 4.69) is 37.0 Å². The Labute approximate surface area is 126 Å². The largest absolute Gasteiger partial charge is 0.396 e. The first kappa shape index (κ1) is 15.8. The smallest absolute Gasteiger partial charge is 0.231 e. The Kier molecular flexibility index (Phi) is 5.98. The molecule has 2 rings (SSSR count). The van der Waals surface area contributed by atoms with Gasteiger partial charge in [-0.25, -0.2) is 0 Å². The van der Waals surface area contributed by atoms with E-state index in [0.29, 0.717) is 18.3 Å². The van der Waals surface area contributed by atoms with Gasteiger partial charge in [-0.15, -0.1) is 0 Å². The van der Waals surface area contributed by atoms with Gasteiger partial charge >= 0.3 is 0 Å². The molecule has 1 aromatic rings. The minimum absolute atomic E-state index is 0.180. The molecule has 1 aliphatic rings. The Bertz CT molecular complexity index is 435. The summed E-state index contributed by atoms with van der Waals surface area (Å²) in [5.74, 6) is 2.04. The van der Waals surface area contributed by atoms with Crippen LogP contribution in [0, 0.1) is 0 Å². The first-order valence-corrected chi connectivity index (χ1v) is 7.83. The van der Waals surface area contributed by atoms with Crippen molar-refractivity contribution in [3.05, 3.63) is 0 Å². The average molecular weight is 294 g/mol. The zero-order valence-electron chi connectivity index (χ0n) is 13.0. The van der Waals surface area contributed by atoms with Crippen LogP contribution in [0.5, 0.6) is 0 Å². The summed E-state index contributed by atoms with van der Waals surface area (Å²) in [6.07, 6.45) is 4.38. The highest BCUT2D eigenvalue weighted by atomic mass is 16.3. The summed E-state index contributed by atoms with van der Waals surface area (Å²) in [6, 6.07) is 0. The topological polar surface area (TPSA) is 77.4 Å². The lowest BCUT2D eigenvalue weighted by Crippen LogP contribution is -2.33. The number of anilines is 3. The molecule has 1 saturated heterocycles. The molecular formula is C14H26N6O. The molecule has 2 heterocycles. The molecule has 0 atom stereocenters. The molecule has 0 amide bonds. The van der Waals surface area contributed by atoms with Crippen molar-refractivity contribution in [3.8, 4) is 0 Å². The molecule has 118 valence electrons. The van der Waals surface area contributed by atoms with E-state index in [1.165, 1.54) is 19.3 Å². The van der Waals surface area contributed by atoms with Crippen LogP contribution in [0.2, 0.25) is 0 Å². The van der Waals surface area contributed by atoms with Gasteiger partial charge in [0.25, 0.3) is 0 Å². The van der Waals surface area contributed by atoms with Crippen molar-refractivity contribution in [3.63, 3.8) is 0 Å². The first-order chi connectivity index (χ1) is 10.3. The zero-order chi connectivity index (χ0) is 15.1. The third-order valence-corrected chi connectivity index (χ3v) is 3.73. The first-order valence-electron chi connectivity index (χ1n) is 7.83. The molecule has 0 radical (unpaired) electrons. The zero-order valence-corrected chi connectivity index (χ0v) is 13.0. The summed E-state index contributed by atoms with van der Waals surface area (Å²) < 4.78 is 0. The predicted octanol–water partition coefficient (Wildman–Crippen LogP) is 1.11. The molecule has 7 heteroatoms. The van der Waals surface area contributed by atoms with Gasteiger partial charge in [-0.2, -0.15) is 15.0 Å². The van der Waals surface area contributed by atoms with Gasteiger partial charge in [0.1, 0.15) is 0 Å². The monoisotopic (exact) mass is 294 g/mol. The summed E-state index contributed by atoms with van der Waals surface area (Å²) in [5.41, 5.74) is 0. The normalized spacial score (nSPS) is 15.1. The van der Waals surface area contributed by atoms with Gasteiger partial charge < -0.3 is 20.2 Å². The summed E-state index contributed by atoms with van der Waals surface area (Å²) in [5, 5.41) is 12.0. The molecule has 0 aromatic carbocycles. The third kappa shape index (κ3) is 4.17. The number of hydrogen-bond acceptors (Lipinski definition) is 7. The SMILES string of the molecule is CCN(CCCO)c1nc(NC)nc(N2CCCCC2)n1. The van der Waals surface area contributed by atoms with Crippen molar-refractivity contribution in [2.45, 2.75) is 32.6 Å². The van der Waals surface area contributed by atoms with Gasteiger partial charge in [-0.3, -0.25) is 0 Å². The predicted molar refractivity (Wildman–Crippen MR) is 85.0 cm³/mol. The lowest BCUT2D eigenvalue weighted by molar-refractivity contribution is 0.289. The van der Waals surface area contributed by atoms with Crippen molar-refractivity contribution < 1.29 is 5.11 Å². The molecule has 2 N–H and O–H groups in total. The Morgan fingerprint density at radius 2 is 1.95 bits per heavy atom. The van der Waals surface area contributed by atoms with Gasteiger partial charge in [0.15, 0.2) is 0 Å². The molecule has 21 heavy (non-hydrogen) atoms. The van der Waals surface area contributed by atoms with Gasteiger partial charge in [0, 0.05) is 39.8 Å². The molecule has 1 fully saturated rings. The number of aromatic nitrogens is 3. The van der Waals surface area contributed by atoms with Crippen LogP contribution in [0.1, 0.15) is 32.6 Å². The average Bonchev–Trinajstić information content (AvgIpc) is 2.56. The maximum Gasteiger partial charge on any atom is 0.231 e. The quantitative estimate of drug-likeness (QED) is 0.780. The maximum absolute atomic E-state index is 9.02. The molecule has 0 spiro atoms. The van der Waals surface area contributed by atoms with Crippen molar-refractivity contribution >= 4 is 17.8 Å². The van der Waals surface area contributed by atoms with Crippen molar-refractivity contribution in [1.29, 1.82) is 0 Å². The number of rotatable bonds is 7. The minimum Gasteiger partial charge on any atom is -0.396 e. The van der Waals surface area contributed by atoms with Crippen molar-refractivity contribution in [2.75, 3.05) is 55.0 Å². The van der Waals surface area contributed by atoms with Crippen LogP contribution < -0.4 is 15.1 Å². The van der Waals surface area contributed by atoms with Crippen molar-refractivity contribution in [2.24, 2.45) is 0 Å². The van der Waals surface area contributed by atoms with E-state index in [-0.39, 0.29) is 6.61 Å². The van der Waals surface area contributed by atoms with Gasteiger partial charge in [0.05, 0.1) is 0 Å². The molecular weight excluding hydrogens is 268 g/mol. The second-order valence-electron chi connectivity index (χ2n) is 5.21. The fourth-order valence-electron chi connectivity index (χ4n) is 2.50. The molecule has 1 aromatic heterocycles. The Hall–Kier alpha value is -1.63. The highest BCUT2D eigenvalue weighted by Gasteiger charge is 2.18. The van der Waals surface area contributed by atoms with Crippen LogP contribution >= 0.6 is 0 Å². The molecule has 0 bridgehead atoms. The second kappa shape index (κ2) is 7.97. The van der Waals surface area contributed by atoms with E-state index < -0.39 is 0 Å². The summed E-state index contributed by atoms with van der Waals surface area (Å²) >= 11 is 0. The van der Waals surface area contributed by atoms with E-state index in [4.69, 9.17) is 5.11 Å². The van der Waals surface area contributed by atoms with E-state index >= 15 is 0 Å². The standard InChI is InChI=1S/C14H26N6O/c1-3-19(10-7-11-21)13-16-12(15-2)17-14(18-13)20-8-5-4-6-9-20/h21H,3-11H2,1-2H3,(H,15,16,17,18). The third-order valence-electron chi connectivity index (χ3n) is 3.73. The minimum atomic E-state index is 0.180. The van der Waals surface area contributed by atoms with Crippen LogP contribution in [-0.4, -0.2) is 59.9 Å². The fourth-order valence-corrected chi connectivity index (χ4v) is 2.50. The maximum atomic E-state index is 9.02. The van der Waals surface area contributed by atoms with Crippen LogP contribution in [0.3, 0.4) is 0 Å². The fraction of sp³-hybridized carbons (Fsp3) is 0.786. The van der Waals surface area contributed by atoms with E-state index in [1.54, 1.807) is 0 Å². The van der Waals surface area contributed by atoms with Crippen LogP contribution in [0.4, 0.5) is 17.8 Å². The number of nitrogens with one attached hydrogen (secondary N) is 1. The number of nitrogens with zero attached hydrogens (tertiary/aromatic N) is 5. The molecule has 0 aliphatic carbocycles. The highest BCUT2D eigenvalue weighted by Crippen LogP contribution is 2.20. The van der Waals surface area contributed by atoms with E-state index in [0.717, 1.165) is 32.1 Å². The molecule has 0 saturated carbocycles. The van der Waals surface area contributed by atoms with Gasteiger partial charge in [-0.1, -0.05) is 0 Å². The Morgan fingerprint density at radius 1 is 1.19 bits per heavy atom. The van der Waals surface area contributed by atoms with Crippen molar-refractivity contribution in [1.82, 2.24) is 15.0 Å². The second-order valence-corrected chi connectivity index (χ2v) is 5.21. The van der Waals surface area contributed by atoms with Crippen LogP contribution in [0.15, 0.2) is 0 Å². The Balaban J connectivity index is 2.23. The van der Waals surface area contributed by atoms with Gasteiger partial charge in [-0.05, 0) is 32.6 Å². The Morgan fingerprint density at radius 3 is 2.57 bits per heavy atom. The summed E-state index contributed by atoms with van der Waals surface area (Å²) in [6.45, 7) is 5.83.